The van der Waals surface area contributed by atoms with Gasteiger partial charge in [-0.2, -0.15) is 0 Å². The van der Waals surface area contributed by atoms with Crippen molar-refractivity contribution < 1.29 is 4.79 Å². The van der Waals surface area contributed by atoms with Crippen LogP contribution >= 0.6 is 0 Å². The van der Waals surface area contributed by atoms with Crippen molar-refractivity contribution in [2.24, 2.45) is 5.73 Å². The van der Waals surface area contributed by atoms with Crippen LogP contribution in [0, 0.1) is 13.8 Å². The summed E-state index contributed by atoms with van der Waals surface area (Å²) in [6, 6.07) is 5.71. The van der Waals surface area contributed by atoms with E-state index in [1.54, 1.807) is 0 Å². The van der Waals surface area contributed by atoms with Gasteiger partial charge in [-0.1, -0.05) is 30.7 Å². The molecule has 0 spiro atoms. The van der Waals surface area contributed by atoms with Crippen molar-refractivity contribution in [3.63, 3.8) is 0 Å². The lowest BCUT2D eigenvalue weighted by molar-refractivity contribution is -0.120. The van der Waals surface area contributed by atoms with Crippen LogP contribution in [0.25, 0.3) is 0 Å². The molecule has 1 amide bonds. The van der Waals surface area contributed by atoms with Crippen molar-refractivity contribution in [1.82, 2.24) is 5.32 Å². The molecule has 0 saturated carbocycles. The van der Waals surface area contributed by atoms with E-state index >= 15 is 0 Å². The molecule has 3 N–H and O–H groups in total. The first-order valence-electron chi connectivity index (χ1n) is 5.66. The summed E-state index contributed by atoms with van der Waals surface area (Å²) < 4.78 is 0. The van der Waals surface area contributed by atoms with Crippen molar-refractivity contribution in [1.29, 1.82) is 0 Å². The Morgan fingerprint density at radius 3 is 2.69 bits per heavy atom. The SMILES string of the molecule is CCCNC(C(N)=O)c1cc(C)ccc1C. The van der Waals surface area contributed by atoms with Gasteiger partial charge in [0.1, 0.15) is 6.04 Å². The summed E-state index contributed by atoms with van der Waals surface area (Å²) in [5.41, 5.74) is 8.65. The minimum absolute atomic E-state index is 0.317. The van der Waals surface area contributed by atoms with Gasteiger partial charge in [0.05, 0.1) is 0 Å². The van der Waals surface area contributed by atoms with Gasteiger partial charge in [0.2, 0.25) is 5.91 Å². The van der Waals surface area contributed by atoms with E-state index in [-0.39, 0.29) is 11.9 Å². The highest BCUT2D eigenvalue weighted by atomic mass is 16.1. The number of benzene rings is 1. The summed E-state index contributed by atoms with van der Waals surface area (Å²) in [7, 11) is 0. The third-order valence-corrected chi connectivity index (χ3v) is 2.63. The van der Waals surface area contributed by atoms with Crippen LogP contribution in [0.15, 0.2) is 18.2 Å². The predicted molar refractivity (Wildman–Crippen MR) is 66.1 cm³/mol. The Hall–Kier alpha value is -1.35. The summed E-state index contributed by atoms with van der Waals surface area (Å²) in [6.07, 6.45) is 0.981. The number of aryl methyl sites for hydroxylation is 2. The smallest absolute Gasteiger partial charge is 0.239 e. The normalized spacial score (nSPS) is 12.4. The molecular weight excluding hydrogens is 200 g/mol. The third-order valence-electron chi connectivity index (χ3n) is 2.63. The van der Waals surface area contributed by atoms with Crippen LogP contribution in [-0.2, 0) is 4.79 Å². The largest absolute Gasteiger partial charge is 0.368 e. The maximum atomic E-state index is 11.4. The van der Waals surface area contributed by atoms with Crippen LogP contribution in [0.1, 0.15) is 36.1 Å². The molecule has 88 valence electrons. The van der Waals surface area contributed by atoms with Crippen LogP contribution < -0.4 is 11.1 Å². The molecule has 0 aliphatic heterocycles. The van der Waals surface area contributed by atoms with E-state index in [4.69, 9.17) is 5.73 Å². The highest BCUT2D eigenvalue weighted by Crippen LogP contribution is 2.19. The fourth-order valence-corrected chi connectivity index (χ4v) is 1.72. The Kier molecular flexibility index (Phi) is 4.50. The molecule has 16 heavy (non-hydrogen) atoms. The van der Waals surface area contributed by atoms with Crippen molar-refractivity contribution in [2.45, 2.75) is 33.2 Å². The number of nitrogens with two attached hydrogens (primary N) is 1. The van der Waals surface area contributed by atoms with E-state index in [1.165, 1.54) is 0 Å². The molecule has 1 unspecified atom stereocenters. The van der Waals surface area contributed by atoms with E-state index in [9.17, 15) is 4.79 Å². The van der Waals surface area contributed by atoms with Gasteiger partial charge in [0, 0.05) is 0 Å². The van der Waals surface area contributed by atoms with E-state index in [0.717, 1.165) is 29.7 Å². The molecule has 3 heteroatoms. The molecule has 0 saturated heterocycles. The third kappa shape index (κ3) is 3.07. The van der Waals surface area contributed by atoms with Crippen LogP contribution in [-0.4, -0.2) is 12.5 Å². The maximum Gasteiger partial charge on any atom is 0.239 e. The second kappa shape index (κ2) is 5.66. The molecule has 3 nitrogen and oxygen atoms in total. The number of amides is 1. The Balaban J connectivity index is 3.00. The standard InChI is InChI=1S/C13H20N2O/c1-4-7-15-12(13(14)16)11-8-9(2)5-6-10(11)3/h5-6,8,12,15H,4,7H2,1-3H3,(H2,14,16). The van der Waals surface area contributed by atoms with Crippen LogP contribution in [0.4, 0.5) is 0 Å². The molecular formula is C13H20N2O. The lowest BCUT2D eigenvalue weighted by Crippen LogP contribution is -2.34. The Morgan fingerprint density at radius 2 is 2.12 bits per heavy atom. The van der Waals surface area contributed by atoms with Crippen molar-refractivity contribution in [3.8, 4) is 0 Å². The summed E-state index contributed by atoms with van der Waals surface area (Å²) in [5.74, 6) is -0.317. The average molecular weight is 220 g/mol. The van der Waals surface area contributed by atoms with E-state index in [1.807, 2.05) is 32.0 Å². The molecule has 0 fully saturated rings. The number of hydrogen-bond acceptors (Lipinski definition) is 2. The molecule has 0 heterocycles. The zero-order valence-electron chi connectivity index (χ0n) is 10.2. The second-order valence-corrected chi connectivity index (χ2v) is 4.15. The molecule has 0 bridgehead atoms. The van der Waals surface area contributed by atoms with Crippen molar-refractivity contribution in [2.75, 3.05) is 6.54 Å². The van der Waals surface area contributed by atoms with Crippen molar-refractivity contribution in [3.05, 3.63) is 34.9 Å². The average Bonchev–Trinajstić information content (AvgIpc) is 2.23. The van der Waals surface area contributed by atoms with Gasteiger partial charge in [0.25, 0.3) is 0 Å². The Morgan fingerprint density at radius 1 is 1.44 bits per heavy atom. The van der Waals surface area contributed by atoms with Crippen LogP contribution in [0.3, 0.4) is 0 Å². The predicted octanol–water partition coefficient (Wildman–Crippen LogP) is 1.83. The number of carbonyl (C=O) groups excluding carboxylic acids is 1. The van der Waals surface area contributed by atoms with E-state index in [0.29, 0.717) is 0 Å². The molecule has 1 aromatic rings. The second-order valence-electron chi connectivity index (χ2n) is 4.15. The molecule has 1 rings (SSSR count). The monoisotopic (exact) mass is 220 g/mol. The highest BCUT2D eigenvalue weighted by molar-refractivity contribution is 5.81. The molecule has 0 aliphatic rings. The number of primary amides is 1. The number of hydrogen-bond donors (Lipinski definition) is 2. The van der Waals surface area contributed by atoms with Gasteiger partial charge in [-0.15, -0.1) is 0 Å². The van der Waals surface area contributed by atoms with Gasteiger partial charge in [-0.25, -0.2) is 0 Å². The fourth-order valence-electron chi connectivity index (χ4n) is 1.72. The topological polar surface area (TPSA) is 55.1 Å². The van der Waals surface area contributed by atoms with Gasteiger partial charge in [-0.3, -0.25) is 4.79 Å². The zero-order chi connectivity index (χ0) is 12.1. The highest BCUT2D eigenvalue weighted by Gasteiger charge is 2.18. The zero-order valence-corrected chi connectivity index (χ0v) is 10.2. The summed E-state index contributed by atoms with van der Waals surface area (Å²) in [6.45, 7) is 6.87. The first-order chi connectivity index (χ1) is 7.56. The molecule has 0 aromatic heterocycles. The van der Waals surface area contributed by atoms with Gasteiger partial charge in [-0.05, 0) is 37.9 Å². The molecule has 0 aliphatic carbocycles. The fraction of sp³-hybridized carbons (Fsp3) is 0.462. The van der Waals surface area contributed by atoms with Crippen molar-refractivity contribution >= 4 is 5.91 Å². The summed E-state index contributed by atoms with van der Waals surface area (Å²) in [5, 5.41) is 3.18. The minimum atomic E-state index is -0.375. The lowest BCUT2D eigenvalue weighted by Gasteiger charge is -2.18. The summed E-state index contributed by atoms with van der Waals surface area (Å²) >= 11 is 0. The number of nitrogens with one attached hydrogen (secondary N) is 1. The molecule has 0 radical (unpaired) electrons. The maximum absolute atomic E-state index is 11.4. The van der Waals surface area contributed by atoms with E-state index in [2.05, 4.69) is 12.2 Å². The van der Waals surface area contributed by atoms with Gasteiger partial charge < -0.3 is 11.1 Å². The first-order valence-corrected chi connectivity index (χ1v) is 5.66. The summed E-state index contributed by atoms with van der Waals surface area (Å²) in [4.78, 5) is 11.4. The van der Waals surface area contributed by atoms with Crippen LogP contribution in [0.5, 0.6) is 0 Å². The van der Waals surface area contributed by atoms with Gasteiger partial charge in [0.15, 0.2) is 0 Å². The Bertz CT molecular complexity index is 374. The molecule has 1 atom stereocenters. The number of carbonyl (C=O) groups is 1. The Labute approximate surface area is 97.0 Å². The van der Waals surface area contributed by atoms with E-state index < -0.39 is 0 Å². The lowest BCUT2D eigenvalue weighted by atomic mass is 9.98. The minimum Gasteiger partial charge on any atom is -0.368 e. The van der Waals surface area contributed by atoms with Gasteiger partial charge >= 0.3 is 0 Å². The van der Waals surface area contributed by atoms with Crippen LogP contribution in [0.2, 0.25) is 0 Å². The molecule has 1 aromatic carbocycles. The quantitative estimate of drug-likeness (QED) is 0.795. The number of rotatable bonds is 5. The first kappa shape index (κ1) is 12.7.